The topological polar surface area (TPSA) is 45.2 Å². The molecule has 0 radical (unpaired) electrons. The van der Waals surface area contributed by atoms with Gasteiger partial charge in [-0.05, 0) is 43.2 Å². The summed E-state index contributed by atoms with van der Waals surface area (Å²) in [5.41, 5.74) is 1.79. The lowest BCUT2D eigenvalue weighted by molar-refractivity contribution is 0.102. The fraction of sp³-hybridized carbons (Fsp3) is 0.231. The van der Waals surface area contributed by atoms with Gasteiger partial charge in [-0.1, -0.05) is 0 Å². The zero-order chi connectivity index (χ0) is 13.0. The van der Waals surface area contributed by atoms with E-state index in [-0.39, 0.29) is 5.91 Å². The van der Waals surface area contributed by atoms with Crippen molar-refractivity contribution in [3.63, 3.8) is 0 Å². The minimum Gasteiger partial charge on any atom is -0.307 e. The second-order valence-electron chi connectivity index (χ2n) is 4.25. The molecule has 0 saturated carbocycles. The molecule has 0 unspecified atom stereocenters. The minimum atomic E-state index is -0.120. The molecule has 0 aromatic carbocycles. The number of rotatable bonds is 4. The molecule has 2 aromatic heterocycles. The third-order valence-electron chi connectivity index (χ3n) is 2.35. The molecule has 0 aliphatic rings. The van der Waals surface area contributed by atoms with Crippen LogP contribution in [0.2, 0.25) is 0 Å². The Morgan fingerprint density at radius 1 is 1.44 bits per heavy atom. The van der Waals surface area contributed by atoms with E-state index in [9.17, 15) is 4.79 Å². The summed E-state index contributed by atoms with van der Waals surface area (Å²) >= 11 is 1.50. The summed E-state index contributed by atoms with van der Waals surface area (Å²) in [5.74, 6) is 0.469. The number of nitrogens with zero attached hydrogens (tertiary/aromatic N) is 2. The zero-order valence-corrected chi connectivity index (χ0v) is 11.2. The van der Waals surface area contributed by atoms with Gasteiger partial charge in [-0.2, -0.15) is 11.3 Å². The molecule has 0 fully saturated rings. The number of carbonyl (C=O) groups excluding carboxylic acids is 1. The predicted octanol–water partition coefficient (Wildman–Crippen LogP) is 2.46. The molecular weight excluding hydrogens is 246 g/mol. The number of carbonyl (C=O) groups is 1. The van der Waals surface area contributed by atoms with Crippen molar-refractivity contribution in [1.29, 1.82) is 0 Å². The fourth-order valence-electron chi connectivity index (χ4n) is 1.59. The van der Waals surface area contributed by atoms with Gasteiger partial charge in [0.2, 0.25) is 0 Å². The monoisotopic (exact) mass is 261 g/mol. The molecule has 0 bridgehead atoms. The van der Waals surface area contributed by atoms with E-state index in [1.165, 1.54) is 11.3 Å². The Morgan fingerprint density at radius 2 is 2.28 bits per heavy atom. The Bertz CT molecular complexity index is 523. The molecule has 2 rings (SSSR count). The second-order valence-corrected chi connectivity index (χ2v) is 5.03. The quantitative estimate of drug-likeness (QED) is 0.919. The van der Waals surface area contributed by atoms with Crippen LogP contribution in [0.5, 0.6) is 0 Å². The molecule has 0 atom stereocenters. The van der Waals surface area contributed by atoms with Crippen molar-refractivity contribution in [1.82, 2.24) is 9.88 Å². The van der Waals surface area contributed by atoms with Crippen molar-refractivity contribution < 1.29 is 4.79 Å². The first-order valence-corrected chi connectivity index (χ1v) is 6.52. The molecule has 1 N–H and O–H groups in total. The second kappa shape index (κ2) is 5.75. The standard InChI is InChI=1S/C13H15N3OS/c1-16(2)8-10-3-5-14-12(7-10)15-13(17)11-4-6-18-9-11/h3-7,9H,8H2,1-2H3,(H,14,15,17). The summed E-state index contributed by atoms with van der Waals surface area (Å²) in [6, 6.07) is 5.63. The van der Waals surface area contributed by atoms with Gasteiger partial charge in [-0.15, -0.1) is 0 Å². The molecule has 0 saturated heterocycles. The molecule has 5 heteroatoms. The van der Waals surface area contributed by atoms with Crippen LogP contribution in [0.25, 0.3) is 0 Å². The van der Waals surface area contributed by atoms with Gasteiger partial charge in [-0.3, -0.25) is 4.79 Å². The SMILES string of the molecule is CN(C)Cc1ccnc(NC(=O)c2ccsc2)c1. The molecule has 0 aliphatic heterocycles. The number of nitrogens with one attached hydrogen (secondary N) is 1. The van der Waals surface area contributed by atoms with Crippen LogP contribution in [0, 0.1) is 0 Å². The highest BCUT2D eigenvalue weighted by Crippen LogP contribution is 2.12. The van der Waals surface area contributed by atoms with Crippen LogP contribution in [-0.4, -0.2) is 29.9 Å². The number of thiophene rings is 1. The van der Waals surface area contributed by atoms with Crippen LogP contribution in [-0.2, 0) is 6.54 Å². The molecule has 4 nitrogen and oxygen atoms in total. The number of hydrogen-bond donors (Lipinski definition) is 1. The Hall–Kier alpha value is -1.72. The maximum absolute atomic E-state index is 11.9. The predicted molar refractivity (Wildman–Crippen MR) is 73.9 cm³/mol. The van der Waals surface area contributed by atoms with E-state index < -0.39 is 0 Å². The highest BCUT2D eigenvalue weighted by atomic mass is 32.1. The van der Waals surface area contributed by atoms with Gasteiger partial charge in [-0.25, -0.2) is 4.98 Å². The normalized spacial score (nSPS) is 10.6. The van der Waals surface area contributed by atoms with Gasteiger partial charge in [0, 0.05) is 18.1 Å². The number of pyridine rings is 1. The largest absolute Gasteiger partial charge is 0.307 e. The van der Waals surface area contributed by atoms with E-state index in [4.69, 9.17) is 0 Å². The van der Waals surface area contributed by atoms with Crippen molar-refractivity contribution in [2.24, 2.45) is 0 Å². The molecule has 0 aliphatic carbocycles. The van der Waals surface area contributed by atoms with Crippen LogP contribution >= 0.6 is 11.3 Å². The Morgan fingerprint density at radius 3 is 2.94 bits per heavy atom. The van der Waals surface area contributed by atoms with E-state index in [1.54, 1.807) is 12.3 Å². The van der Waals surface area contributed by atoms with Crippen molar-refractivity contribution in [3.05, 3.63) is 46.3 Å². The van der Waals surface area contributed by atoms with E-state index in [2.05, 4.69) is 15.2 Å². The van der Waals surface area contributed by atoms with Crippen LogP contribution < -0.4 is 5.32 Å². The molecule has 2 aromatic rings. The first-order chi connectivity index (χ1) is 8.65. The number of anilines is 1. The summed E-state index contributed by atoms with van der Waals surface area (Å²) in [4.78, 5) is 18.1. The number of hydrogen-bond acceptors (Lipinski definition) is 4. The lowest BCUT2D eigenvalue weighted by atomic mass is 10.2. The minimum absolute atomic E-state index is 0.120. The van der Waals surface area contributed by atoms with Crippen LogP contribution in [0.1, 0.15) is 15.9 Å². The van der Waals surface area contributed by atoms with Crippen molar-refractivity contribution in [2.75, 3.05) is 19.4 Å². The van der Waals surface area contributed by atoms with E-state index in [1.807, 2.05) is 37.0 Å². The van der Waals surface area contributed by atoms with Gasteiger partial charge in [0.1, 0.15) is 5.82 Å². The highest BCUT2D eigenvalue weighted by Gasteiger charge is 2.07. The Balaban J connectivity index is 2.07. The lowest BCUT2D eigenvalue weighted by Gasteiger charge is -2.10. The van der Waals surface area contributed by atoms with Gasteiger partial charge in [0.15, 0.2) is 0 Å². The maximum Gasteiger partial charge on any atom is 0.257 e. The Kier molecular flexibility index (Phi) is 4.07. The van der Waals surface area contributed by atoms with Gasteiger partial charge < -0.3 is 10.2 Å². The average Bonchev–Trinajstić information content (AvgIpc) is 2.81. The van der Waals surface area contributed by atoms with E-state index in [0.717, 1.165) is 12.1 Å². The van der Waals surface area contributed by atoms with E-state index >= 15 is 0 Å². The summed E-state index contributed by atoms with van der Waals surface area (Å²) in [6.07, 6.45) is 1.71. The smallest absolute Gasteiger partial charge is 0.257 e. The van der Waals surface area contributed by atoms with Gasteiger partial charge in [0.25, 0.3) is 5.91 Å². The van der Waals surface area contributed by atoms with Gasteiger partial charge in [0.05, 0.1) is 5.56 Å². The third kappa shape index (κ3) is 3.38. The molecule has 1 amide bonds. The lowest BCUT2D eigenvalue weighted by Crippen LogP contribution is -2.14. The van der Waals surface area contributed by atoms with Crippen molar-refractivity contribution in [2.45, 2.75) is 6.54 Å². The summed E-state index contributed by atoms with van der Waals surface area (Å²) < 4.78 is 0. The van der Waals surface area contributed by atoms with E-state index in [0.29, 0.717) is 11.4 Å². The average molecular weight is 261 g/mol. The molecule has 2 heterocycles. The van der Waals surface area contributed by atoms with Crippen LogP contribution in [0.3, 0.4) is 0 Å². The molecule has 18 heavy (non-hydrogen) atoms. The fourth-order valence-corrected chi connectivity index (χ4v) is 2.22. The summed E-state index contributed by atoms with van der Waals surface area (Å²) in [7, 11) is 4.01. The molecular formula is C13H15N3OS. The third-order valence-corrected chi connectivity index (χ3v) is 3.03. The summed E-state index contributed by atoms with van der Waals surface area (Å²) in [6.45, 7) is 0.823. The first kappa shape index (κ1) is 12.7. The Labute approximate surface area is 110 Å². The number of aromatic nitrogens is 1. The van der Waals surface area contributed by atoms with Crippen LogP contribution in [0.15, 0.2) is 35.2 Å². The molecule has 0 spiro atoms. The summed E-state index contributed by atoms with van der Waals surface area (Å²) in [5, 5.41) is 6.49. The molecule has 94 valence electrons. The number of amides is 1. The zero-order valence-electron chi connectivity index (χ0n) is 10.4. The van der Waals surface area contributed by atoms with Crippen molar-refractivity contribution >= 4 is 23.1 Å². The van der Waals surface area contributed by atoms with Crippen molar-refractivity contribution in [3.8, 4) is 0 Å². The maximum atomic E-state index is 11.9. The first-order valence-electron chi connectivity index (χ1n) is 5.58. The van der Waals surface area contributed by atoms with Gasteiger partial charge >= 0.3 is 0 Å². The highest BCUT2D eigenvalue weighted by molar-refractivity contribution is 7.08. The van der Waals surface area contributed by atoms with Crippen LogP contribution in [0.4, 0.5) is 5.82 Å².